The van der Waals surface area contributed by atoms with Gasteiger partial charge in [0.25, 0.3) is 5.89 Å². The molecule has 1 aliphatic heterocycles. The molecule has 4 rings (SSSR count). The Morgan fingerprint density at radius 2 is 1.94 bits per heavy atom. The number of anilines is 1. The SMILES string of the molecule is CCC(=O)N1CCN(c2cnc(C)c(-c3nnc(-c4ccc(CNC)cc4)o3)n2)[C@H](C)C1. The van der Waals surface area contributed by atoms with E-state index < -0.39 is 0 Å². The molecule has 9 heteroatoms. The number of benzene rings is 1. The minimum Gasteiger partial charge on any atom is -0.415 e. The van der Waals surface area contributed by atoms with Crippen LogP contribution in [-0.2, 0) is 11.3 Å². The number of hydrogen-bond acceptors (Lipinski definition) is 8. The molecule has 1 amide bonds. The zero-order valence-electron chi connectivity index (χ0n) is 19.0. The Hall–Kier alpha value is -3.33. The van der Waals surface area contributed by atoms with Crippen LogP contribution in [0, 0.1) is 6.92 Å². The first kappa shape index (κ1) is 21.9. The maximum atomic E-state index is 12.1. The second-order valence-corrected chi connectivity index (χ2v) is 8.04. The number of carbonyl (C=O) groups is 1. The maximum absolute atomic E-state index is 12.1. The van der Waals surface area contributed by atoms with Crippen molar-refractivity contribution in [3.8, 4) is 23.0 Å². The van der Waals surface area contributed by atoms with Crippen LogP contribution in [-0.4, -0.2) is 63.7 Å². The van der Waals surface area contributed by atoms with Crippen molar-refractivity contribution in [2.75, 3.05) is 31.6 Å². The number of piperazine rings is 1. The van der Waals surface area contributed by atoms with Crippen molar-refractivity contribution in [1.29, 1.82) is 0 Å². The molecule has 1 aliphatic rings. The number of aryl methyl sites for hydroxylation is 1. The third kappa shape index (κ3) is 4.47. The zero-order chi connectivity index (χ0) is 22.7. The van der Waals surface area contributed by atoms with E-state index >= 15 is 0 Å². The van der Waals surface area contributed by atoms with Crippen molar-refractivity contribution < 1.29 is 9.21 Å². The lowest BCUT2D eigenvalue weighted by molar-refractivity contribution is -0.131. The molecule has 1 N–H and O–H groups in total. The first-order valence-corrected chi connectivity index (χ1v) is 11.0. The fourth-order valence-corrected chi connectivity index (χ4v) is 3.93. The molecule has 32 heavy (non-hydrogen) atoms. The molecular weight excluding hydrogens is 406 g/mol. The maximum Gasteiger partial charge on any atom is 0.268 e. The van der Waals surface area contributed by atoms with E-state index in [1.807, 2.05) is 50.1 Å². The van der Waals surface area contributed by atoms with Gasteiger partial charge in [0.15, 0.2) is 5.69 Å². The molecule has 3 heterocycles. The fourth-order valence-electron chi connectivity index (χ4n) is 3.93. The lowest BCUT2D eigenvalue weighted by atomic mass is 10.1. The number of carbonyl (C=O) groups excluding carboxylic acids is 1. The summed E-state index contributed by atoms with van der Waals surface area (Å²) in [6, 6.07) is 8.14. The molecule has 0 spiro atoms. The number of amides is 1. The lowest BCUT2D eigenvalue weighted by Gasteiger charge is -2.40. The summed E-state index contributed by atoms with van der Waals surface area (Å²) in [6.45, 7) is 8.73. The van der Waals surface area contributed by atoms with Gasteiger partial charge in [0.2, 0.25) is 11.8 Å². The number of hydrogen-bond donors (Lipinski definition) is 1. The molecule has 168 valence electrons. The van der Waals surface area contributed by atoms with Gasteiger partial charge in [-0.15, -0.1) is 10.2 Å². The van der Waals surface area contributed by atoms with Crippen LogP contribution in [0.15, 0.2) is 34.9 Å². The molecule has 9 nitrogen and oxygen atoms in total. The summed E-state index contributed by atoms with van der Waals surface area (Å²) in [7, 11) is 1.92. The van der Waals surface area contributed by atoms with E-state index in [2.05, 4.69) is 32.3 Å². The Balaban J connectivity index is 1.55. The van der Waals surface area contributed by atoms with Crippen LogP contribution in [0.2, 0.25) is 0 Å². The minimum absolute atomic E-state index is 0.137. The molecule has 1 aromatic carbocycles. The van der Waals surface area contributed by atoms with Crippen molar-refractivity contribution in [2.45, 2.75) is 39.8 Å². The van der Waals surface area contributed by atoms with Gasteiger partial charge in [-0.2, -0.15) is 0 Å². The summed E-state index contributed by atoms with van der Waals surface area (Å²) in [6.07, 6.45) is 2.29. The Morgan fingerprint density at radius 1 is 1.19 bits per heavy atom. The third-order valence-electron chi connectivity index (χ3n) is 5.73. The number of rotatable bonds is 6. The third-order valence-corrected chi connectivity index (χ3v) is 5.73. The van der Waals surface area contributed by atoms with Gasteiger partial charge < -0.3 is 19.5 Å². The van der Waals surface area contributed by atoms with Crippen LogP contribution in [0.5, 0.6) is 0 Å². The Bertz CT molecular complexity index is 1080. The van der Waals surface area contributed by atoms with Gasteiger partial charge in [-0.3, -0.25) is 9.78 Å². The largest absolute Gasteiger partial charge is 0.415 e. The van der Waals surface area contributed by atoms with Crippen molar-refractivity contribution >= 4 is 11.7 Å². The van der Waals surface area contributed by atoms with E-state index in [4.69, 9.17) is 9.40 Å². The summed E-state index contributed by atoms with van der Waals surface area (Å²) in [5.41, 5.74) is 3.34. The van der Waals surface area contributed by atoms with Gasteiger partial charge in [-0.25, -0.2) is 4.98 Å². The average Bonchev–Trinajstić information content (AvgIpc) is 3.30. The summed E-state index contributed by atoms with van der Waals surface area (Å²) in [4.78, 5) is 25.5. The topological polar surface area (TPSA) is 100 Å². The molecule has 0 bridgehead atoms. The summed E-state index contributed by atoms with van der Waals surface area (Å²) in [5.74, 6) is 1.73. The van der Waals surface area contributed by atoms with Crippen molar-refractivity contribution in [2.24, 2.45) is 0 Å². The average molecular weight is 436 g/mol. The van der Waals surface area contributed by atoms with Gasteiger partial charge in [-0.1, -0.05) is 19.1 Å². The predicted octanol–water partition coefficient (Wildman–Crippen LogP) is 2.67. The normalized spacial score (nSPS) is 16.4. The van der Waals surface area contributed by atoms with E-state index in [0.29, 0.717) is 43.5 Å². The van der Waals surface area contributed by atoms with E-state index in [0.717, 1.165) is 23.6 Å². The van der Waals surface area contributed by atoms with Crippen molar-refractivity contribution in [3.63, 3.8) is 0 Å². The van der Waals surface area contributed by atoms with Gasteiger partial charge in [0, 0.05) is 44.2 Å². The standard InChI is InChI=1S/C23H29N7O2/c1-5-20(31)29-10-11-30(15(2)14-29)19-13-25-16(3)21(26-19)23-28-27-22(32-23)18-8-6-17(7-9-18)12-24-4/h6-9,13,15,24H,5,10-12,14H2,1-4H3/t15-/m1/s1. The highest BCUT2D eigenvalue weighted by molar-refractivity contribution is 5.76. The molecule has 0 aliphatic carbocycles. The molecule has 0 saturated carbocycles. The van der Waals surface area contributed by atoms with Crippen molar-refractivity contribution in [1.82, 2.24) is 30.4 Å². The number of nitrogens with zero attached hydrogens (tertiary/aromatic N) is 6. The quantitative estimate of drug-likeness (QED) is 0.631. The molecule has 1 fully saturated rings. The van der Waals surface area contributed by atoms with E-state index in [1.54, 1.807) is 6.20 Å². The van der Waals surface area contributed by atoms with Crippen LogP contribution < -0.4 is 10.2 Å². The lowest BCUT2D eigenvalue weighted by Crippen LogP contribution is -2.54. The second-order valence-electron chi connectivity index (χ2n) is 8.04. The first-order valence-electron chi connectivity index (χ1n) is 11.0. The Kier molecular flexibility index (Phi) is 6.45. The highest BCUT2D eigenvalue weighted by Crippen LogP contribution is 2.27. The summed E-state index contributed by atoms with van der Waals surface area (Å²) >= 11 is 0. The van der Waals surface area contributed by atoms with Gasteiger partial charge in [0.1, 0.15) is 5.82 Å². The van der Waals surface area contributed by atoms with Gasteiger partial charge in [-0.05, 0) is 38.6 Å². The fraction of sp³-hybridized carbons (Fsp3) is 0.435. The second kappa shape index (κ2) is 9.44. The van der Waals surface area contributed by atoms with Gasteiger partial charge >= 0.3 is 0 Å². The first-order chi connectivity index (χ1) is 15.5. The van der Waals surface area contributed by atoms with Crippen molar-refractivity contribution in [3.05, 3.63) is 41.7 Å². The monoisotopic (exact) mass is 435 g/mol. The predicted molar refractivity (Wildman–Crippen MR) is 122 cm³/mol. The van der Waals surface area contributed by atoms with Crippen LogP contribution in [0.4, 0.5) is 5.82 Å². The van der Waals surface area contributed by atoms with Crippen LogP contribution in [0.1, 0.15) is 31.5 Å². The Labute approximate surface area is 187 Å². The van der Waals surface area contributed by atoms with Crippen LogP contribution >= 0.6 is 0 Å². The smallest absolute Gasteiger partial charge is 0.268 e. The molecule has 1 saturated heterocycles. The zero-order valence-corrected chi connectivity index (χ0v) is 19.0. The van der Waals surface area contributed by atoms with Gasteiger partial charge in [0.05, 0.1) is 11.9 Å². The summed E-state index contributed by atoms with van der Waals surface area (Å²) in [5, 5.41) is 11.6. The number of nitrogens with one attached hydrogen (secondary N) is 1. The molecule has 3 aromatic rings. The van der Waals surface area contributed by atoms with E-state index in [-0.39, 0.29) is 11.9 Å². The molecule has 1 atom stereocenters. The molecule has 0 radical (unpaired) electrons. The Morgan fingerprint density at radius 3 is 2.62 bits per heavy atom. The summed E-state index contributed by atoms with van der Waals surface area (Å²) < 4.78 is 5.96. The molecular formula is C23H29N7O2. The van der Waals surface area contributed by atoms with Crippen LogP contribution in [0.25, 0.3) is 23.0 Å². The number of aromatic nitrogens is 4. The molecule has 0 unspecified atom stereocenters. The van der Waals surface area contributed by atoms with E-state index in [9.17, 15) is 4.79 Å². The van der Waals surface area contributed by atoms with Crippen LogP contribution in [0.3, 0.4) is 0 Å². The van der Waals surface area contributed by atoms with E-state index in [1.165, 1.54) is 5.56 Å². The highest BCUT2D eigenvalue weighted by atomic mass is 16.4. The molecule has 2 aromatic heterocycles. The minimum atomic E-state index is 0.137. The highest BCUT2D eigenvalue weighted by Gasteiger charge is 2.28.